The van der Waals surface area contributed by atoms with E-state index in [0.717, 1.165) is 78.5 Å². The van der Waals surface area contributed by atoms with Crippen LogP contribution in [-0.4, -0.2) is 65.5 Å². The van der Waals surface area contributed by atoms with Crippen molar-refractivity contribution in [2.75, 3.05) is 26.9 Å². The summed E-state index contributed by atoms with van der Waals surface area (Å²) in [5.41, 5.74) is 5.70. The van der Waals surface area contributed by atoms with Gasteiger partial charge >= 0.3 is 0 Å². The molecule has 0 saturated heterocycles. The second kappa shape index (κ2) is 21.8. The zero-order chi connectivity index (χ0) is 45.2. The summed E-state index contributed by atoms with van der Waals surface area (Å²) in [6.07, 6.45) is 14.8. The Morgan fingerprint density at radius 2 is 1.60 bits per heavy atom. The fourth-order valence-corrected chi connectivity index (χ4v) is 11.2. The molecule has 0 spiro atoms. The Labute approximate surface area is 383 Å². The van der Waals surface area contributed by atoms with E-state index in [2.05, 4.69) is 43.0 Å². The van der Waals surface area contributed by atoms with Crippen molar-refractivity contribution in [3.8, 4) is 28.4 Å². The molecule has 1 aliphatic heterocycles. The number of hydrogen-bond donors (Lipinski definition) is 2. The van der Waals surface area contributed by atoms with E-state index in [1.165, 1.54) is 25.0 Å². The average molecular weight is 885 g/mol. The summed E-state index contributed by atoms with van der Waals surface area (Å²) < 4.78 is 35.6. The summed E-state index contributed by atoms with van der Waals surface area (Å²) in [4.78, 5) is 22.6. The maximum atomic E-state index is 15.0. The first-order valence-corrected chi connectivity index (χ1v) is 23.8. The fraction of sp³-hybridized carbons (Fsp3) is 0.455. The van der Waals surface area contributed by atoms with Gasteiger partial charge in [0.15, 0.2) is 0 Å². The van der Waals surface area contributed by atoms with Crippen molar-refractivity contribution in [1.82, 2.24) is 4.90 Å². The number of halogens is 1. The molecule has 2 fully saturated rings. The molecule has 4 aliphatic rings. The van der Waals surface area contributed by atoms with Gasteiger partial charge in [0.05, 0.1) is 18.2 Å². The van der Waals surface area contributed by atoms with Gasteiger partial charge in [-0.15, -0.1) is 6.58 Å². The molecule has 6 atom stereocenters. The van der Waals surface area contributed by atoms with Crippen LogP contribution in [0.3, 0.4) is 0 Å². The molecule has 2 saturated carbocycles. The summed E-state index contributed by atoms with van der Waals surface area (Å²) in [7, 11) is 1.56. The Bertz CT molecular complexity index is 2260. The first-order valence-electron chi connectivity index (χ1n) is 23.8. The molecule has 1 amide bonds. The Morgan fingerprint density at radius 1 is 0.892 bits per heavy atom. The van der Waals surface area contributed by atoms with E-state index in [-0.39, 0.29) is 55.8 Å². The highest BCUT2D eigenvalue weighted by Crippen LogP contribution is 2.62. The standard InChI is InChI=1S/C55H65FN2O7/c1-3-33-63-55-51(58(37-39-19-24-43(56)25-20-39)52(61)30-21-38-13-7-8-14-38)36-49(57-62-2)47-34-42(17-9-11-31-59)46(18-10-12-32-60)53(54(47)55)48-35-45(28-29-50(48)65-55)64-44-26-22-41(23-27-44)40-15-5-4-6-16-40/h3-6,15-16,19-20,22-29,34-35,38,42,46,51,53-54,59-60H,1,7-14,17-18,21,30-33,36-37H2,2H3/t42-,46+,51-,53+,54+,55+/m0/s1. The molecule has 0 aromatic heterocycles. The average Bonchev–Trinajstić information content (AvgIpc) is 3.86. The summed E-state index contributed by atoms with van der Waals surface area (Å²) in [5.74, 6) is 0.294. The number of unbranched alkanes of at least 4 members (excludes halogenated alkanes) is 2. The van der Waals surface area contributed by atoms with Crippen molar-refractivity contribution < 1.29 is 38.4 Å². The molecule has 0 bridgehead atoms. The molecule has 4 aromatic carbocycles. The van der Waals surface area contributed by atoms with Gasteiger partial charge in [-0.3, -0.25) is 4.79 Å². The highest BCUT2D eigenvalue weighted by Gasteiger charge is 2.65. The van der Waals surface area contributed by atoms with E-state index in [0.29, 0.717) is 48.8 Å². The van der Waals surface area contributed by atoms with Gasteiger partial charge in [0.2, 0.25) is 11.7 Å². The van der Waals surface area contributed by atoms with Crippen LogP contribution in [0, 0.1) is 29.5 Å². The molecule has 0 radical (unpaired) electrons. The lowest BCUT2D eigenvalue weighted by atomic mass is 9.55. The number of allylic oxidation sites excluding steroid dienone is 1. The predicted octanol–water partition coefficient (Wildman–Crippen LogP) is 11.5. The van der Waals surface area contributed by atoms with Gasteiger partial charge in [-0.1, -0.05) is 110 Å². The fourth-order valence-electron chi connectivity index (χ4n) is 11.2. The van der Waals surface area contributed by atoms with Gasteiger partial charge in [-0.25, -0.2) is 4.39 Å². The van der Waals surface area contributed by atoms with Crippen LogP contribution in [0.15, 0.2) is 127 Å². The Balaban J connectivity index is 1.27. The second-order valence-corrected chi connectivity index (χ2v) is 18.3. The third-order valence-corrected chi connectivity index (χ3v) is 14.2. The number of nitrogens with zero attached hydrogens (tertiary/aromatic N) is 2. The number of amides is 1. The molecule has 1 heterocycles. The molecular formula is C55H65FN2O7. The number of aliphatic hydroxyl groups is 2. The highest BCUT2D eigenvalue weighted by atomic mass is 19.1. The number of ether oxygens (including phenoxy) is 3. The minimum atomic E-state index is -1.39. The van der Waals surface area contributed by atoms with Crippen molar-refractivity contribution in [2.24, 2.45) is 28.8 Å². The van der Waals surface area contributed by atoms with Crippen LogP contribution in [0.5, 0.6) is 17.2 Å². The number of carbonyl (C=O) groups is 1. The minimum Gasteiger partial charge on any atom is -0.459 e. The monoisotopic (exact) mass is 884 g/mol. The molecule has 2 N–H and O–H groups in total. The van der Waals surface area contributed by atoms with Gasteiger partial charge in [0.1, 0.15) is 36.2 Å². The van der Waals surface area contributed by atoms with Gasteiger partial charge in [0, 0.05) is 44.1 Å². The first kappa shape index (κ1) is 46.2. The van der Waals surface area contributed by atoms with Crippen molar-refractivity contribution in [3.63, 3.8) is 0 Å². The lowest BCUT2D eigenvalue weighted by Crippen LogP contribution is -2.70. The van der Waals surface area contributed by atoms with Crippen LogP contribution in [-0.2, 0) is 20.9 Å². The van der Waals surface area contributed by atoms with Crippen LogP contribution in [0.4, 0.5) is 4.39 Å². The van der Waals surface area contributed by atoms with E-state index < -0.39 is 17.7 Å². The largest absolute Gasteiger partial charge is 0.459 e. The Kier molecular flexibility index (Phi) is 15.5. The van der Waals surface area contributed by atoms with Crippen molar-refractivity contribution >= 4 is 11.6 Å². The summed E-state index contributed by atoms with van der Waals surface area (Å²) in [5, 5.41) is 24.7. The van der Waals surface area contributed by atoms with Crippen molar-refractivity contribution in [3.05, 3.63) is 138 Å². The number of oxime groups is 1. The quantitative estimate of drug-likeness (QED) is 0.0487. The van der Waals surface area contributed by atoms with E-state index in [1.54, 1.807) is 25.3 Å². The maximum absolute atomic E-state index is 15.0. The van der Waals surface area contributed by atoms with Crippen molar-refractivity contribution in [2.45, 2.75) is 108 Å². The van der Waals surface area contributed by atoms with Gasteiger partial charge < -0.3 is 34.2 Å². The predicted molar refractivity (Wildman–Crippen MR) is 252 cm³/mol. The molecule has 9 nitrogen and oxygen atoms in total. The number of fused-ring (bicyclic) bond motifs is 2. The van der Waals surface area contributed by atoms with Crippen LogP contribution < -0.4 is 9.47 Å². The molecule has 0 unspecified atom stereocenters. The third-order valence-electron chi connectivity index (χ3n) is 14.2. The number of hydrogen-bond acceptors (Lipinski definition) is 8. The number of rotatable bonds is 21. The van der Waals surface area contributed by atoms with Crippen LogP contribution >= 0.6 is 0 Å². The summed E-state index contributed by atoms with van der Waals surface area (Å²) in [6.45, 7) is 4.67. The maximum Gasteiger partial charge on any atom is 0.239 e. The number of benzene rings is 4. The minimum absolute atomic E-state index is 0.0119. The zero-order valence-corrected chi connectivity index (χ0v) is 37.8. The van der Waals surface area contributed by atoms with E-state index in [1.807, 2.05) is 47.4 Å². The normalized spacial score (nSPS) is 24.1. The van der Waals surface area contributed by atoms with Gasteiger partial charge in [-0.2, -0.15) is 0 Å². The molecule has 344 valence electrons. The van der Waals surface area contributed by atoms with Crippen molar-refractivity contribution in [1.29, 1.82) is 0 Å². The highest BCUT2D eigenvalue weighted by molar-refractivity contribution is 6.03. The van der Waals surface area contributed by atoms with Gasteiger partial charge in [0.25, 0.3) is 0 Å². The zero-order valence-electron chi connectivity index (χ0n) is 37.8. The lowest BCUT2D eigenvalue weighted by Gasteiger charge is -2.60. The van der Waals surface area contributed by atoms with E-state index in [4.69, 9.17) is 24.2 Å². The summed E-state index contributed by atoms with van der Waals surface area (Å²) in [6, 6.07) is 30.1. The van der Waals surface area contributed by atoms with Crippen LogP contribution in [0.2, 0.25) is 0 Å². The van der Waals surface area contributed by atoms with E-state index >= 15 is 4.79 Å². The first-order chi connectivity index (χ1) is 31.8. The number of aliphatic hydroxyl groups excluding tert-OH is 2. The van der Waals surface area contributed by atoms with E-state index in [9.17, 15) is 14.6 Å². The Hall–Kier alpha value is -5.29. The molecule has 10 heteroatoms. The SMILES string of the molecule is C=CCO[C@@]12Oc3ccc(Oc4ccc(-c5ccccc5)cc4)cc3[C@H]3[C@H](CCCCO)[C@@H](CCCCO)C=C(C(=NOC)C[C@@H]1N(Cc1ccc(F)cc1)C(=O)CCC1CCCC1)[C@H]32. The third kappa shape index (κ3) is 10.4. The summed E-state index contributed by atoms with van der Waals surface area (Å²) >= 11 is 0. The van der Waals surface area contributed by atoms with Gasteiger partial charge in [-0.05, 0) is 115 Å². The molecule has 4 aromatic rings. The molecular weight excluding hydrogens is 820 g/mol. The van der Waals surface area contributed by atoms with Crippen LogP contribution in [0.1, 0.15) is 101 Å². The molecule has 3 aliphatic carbocycles. The smallest absolute Gasteiger partial charge is 0.239 e. The second-order valence-electron chi connectivity index (χ2n) is 18.3. The van der Waals surface area contributed by atoms with Crippen LogP contribution in [0.25, 0.3) is 11.1 Å². The molecule has 8 rings (SSSR count). The lowest BCUT2D eigenvalue weighted by molar-refractivity contribution is -0.258. The molecule has 65 heavy (non-hydrogen) atoms. The topological polar surface area (TPSA) is 110 Å². The Morgan fingerprint density at radius 3 is 2.31 bits per heavy atom. The number of carbonyl (C=O) groups excluding carboxylic acids is 1.